The molecule has 0 radical (unpaired) electrons. The van der Waals surface area contributed by atoms with E-state index in [4.69, 9.17) is 0 Å². The summed E-state index contributed by atoms with van der Waals surface area (Å²) in [5.74, 6) is -3.39. The molecule has 0 spiro atoms. The monoisotopic (exact) mass is 400 g/mol. The Labute approximate surface area is 167 Å². The van der Waals surface area contributed by atoms with E-state index in [2.05, 4.69) is 11.7 Å². The molecule has 0 saturated heterocycles. The molecule has 3 aromatic rings. The number of rotatable bonds is 5. The van der Waals surface area contributed by atoms with Crippen LogP contribution in [0.5, 0.6) is 5.75 Å². The molecule has 29 heavy (non-hydrogen) atoms. The van der Waals surface area contributed by atoms with Crippen molar-refractivity contribution in [2.75, 3.05) is 0 Å². The van der Waals surface area contributed by atoms with Crippen molar-refractivity contribution < 1.29 is 22.3 Å². The van der Waals surface area contributed by atoms with E-state index in [0.29, 0.717) is 5.56 Å². The third kappa shape index (κ3) is 3.61. The molecule has 0 aromatic heterocycles. The van der Waals surface area contributed by atoms with Gasteiger partial charge in [-0.15, -0.1) is 0 Å². The fourth-order valence-corrected chi connectivity index (χ4v) is 3.67. The number of alkyl halides is 2. The molecular formula is C24H20F4O. The highest BCUT2D eigenvalue weighted by atomic mass is 19.3. The van der Waals surface area contributed by atoms with Gasteiger partial charge in [0.15, 0.2) is 11.6 Å². The summed E-state index contributed by atoms with van der Waals surface area (Å²) in [4.78, 5) is 0. The lowest BCUT2D eigenvalue weighted by Crippen LogP contribution is -2.27. The lowest BCUT2D eigenvalue weighted by Gasteiger charge is -2.28. The van der Waals surface area contributed by atoms with Crippen molar-refractivity contribution in [3.8, 4) is 28.0 Å². The molecule has 0 saturated carbocycles. The molecule has 0 amide bonds. The summed E-state index contributed by atoms with van der Waals surface area (Å²) in [5.41, 5.74) is 2.51. The van der Waals surface area contributed by atoms with Crippen LogP contribution in [0.25, 0.3) is 22.3 Å². The summed E-state index contributed by atoms with van der Waals surface area (Å²) in [6.45, 7) is 2.15. The second kappa shape index (κ2) is 7.54. The lowest BCUT2D eigenvalue weighted by atomic mass is 9.91. The van der Waals surface area contributed by atoms with Crippen molar-refractivity contribution in [3.05, 3.63) is 77.4 Å². The Morgan fingerprint density at radius 1 is 0.828 bits per heavy atom. The highest BCUT2D eigenvalue weighted by Crippen LogP contribution is 2.49. The smallest absolute Gasteiger partial charge is 0.425 e. The zero-order valence-electron chi connectivity index (χ0n) is 15.9. The first-order valence-electron chi connectivity index (χ1n) is 9.69. The third-order valence-electron chi connectivity index (χ3n) is 5.26. The van der Waals surface area contributed by atoms with Gasteiger partial charge >= 0.3 is 6.11 Å². The maximum absolute atomic E-state index is 14.6. The van der Waals surface area contributed by atoms with Gasteiger partial charge in [0, 0.05) is 5.56 Å². The van der Waals surface area contributed by atoms with E-state index in [-0.39, 0.29) is 16.7 Å². The molecule has 1 aliphatic heterocycles. The summed E-state index contributed by atoms with van der Waals surface area (Å²) in [6, 6.07) is 14.6. The van der Waals surface area contributed by atoms with Gasteiger partial charge in [0.05, 0.1) is 5.56 Å². The summed E-state index contributed by atoms with van der Waals surface area (Å²) in [7, 11) is 0. The lowest BCUT2D eigenvalue weighted by molar-refractivity contribution is -0.188. The van der Waals surface area contributed by atoms with E-state index in [1.165, 1.54) is 30.2 Å². The van der Waals surface area contributed by atoms with E-state index < -0.39 is 23.5 Å². The Morgan fingerprint density at radius 2 is 1.52 bits per heavy atom. The fraction of sp³-hybridized carbons (Fsp3) is 0.250. The minimum absolute atomic E-state index is 0.114. The van der Waals surface area contributed by atoms with E-state index in [1.807, 2.05) is 24.3 Å². The van der Waals surface area contributed by atoms with Crippen LogP contribution in [0.3, 0.4) is 0 Å². The molecule has 4 rings (SSSR count). The van der Waals surface area contributed by atoms with Gasteiger partial charge in [0.1, 0.15) is 0 Å². The maximum Gasteiger partial charge on any atom is 0.427 e. The van der Waals surface area contributed by atoms with Crippen LogP contribution < -0.4 is 4.74 Å². The predicted octanol–water partition coefficient (Wildman–Crippen LogP) is 7.47. The Bertz CT molecular complexity index is 1040. The Kier molecular flexibility index (Phi) is 5.07. The van der Waals surface area contributed by atoms with Crippen LogP contribution in [0.15, 0.2) is 54.6 Å². The van der Waals surface area contributed by atoms with E-state index in [1.54, 1.807) is 6.07 Å². The first-order valence-corrected chi connectivity index (χ1v) is 9.69. The topological polar surface area (TPSA) is 9.23 Å². The van der Waals surface area contributed by atoms with E-state index in [0.717, 1.165) is 30.9 Å². The van der Waals surface area contributed by atoms with Gasteiger partial charge in [0.25, 0.3) is 0 Å². The predicted molar refractivity (Wildman–Crippen MR) is 105 cm³/mol. The third-order valence-corrected chi connectivity index (χ3v) is 5.26. The summed E-state index contributed by atoms with van der Waals surface area (Å²) in [5, 5.41) is 0. The molecule has 150 valence electrons. The quantitative estimate of drug-likeness (QED) is 0.319. The summed E-state index contributed by atoms with van der Waals surface area (Å²) in [6.07, 6.45) is 0.682. The Morgan fingerprint density at radius 3 is 2.24 bits per heavy atom. The van der Waals surface area contributed by atoms with Crippen LogP contribution in [-0.4, -0.2) is 0 Å². The van der Waals surface area contributed by atoms with Gasteiger partial charge in [-0.2, -0.15) is 13.2 Å². The van der Waals surface area contributed by atoms with Crippen molar-refractivity contribution >= 4 is 0 Å². The number of hydrogen-bond donors (Lipinski definition) is 0. The standard InChI is InChI=1S/C24H20F4O/c1-2-3-4-5-15-6-8-16(9-7-15)17-10-11-18-19-12-13-21(25)22(26)23(19)29-24(27,28)20(18)14-17/h6-14H,2-5H2,1H3. The number of fused-ring (bicyclic) bond motifs is 3. The Hall–Kier alpha value is -2.82. The van der Waals surface area contributed by atoms with E-state index in [9.17, 15) is 17.6 Å². The Balaban J connectivity index is 1.70. The molecule has 0 N–H and O–H groups in total. The van der Waals surface area contributed by atoms with Crippen molar-refractivity contribution in [1.29, 1.82) is 0 Å². The van der Waals surface area contributed by atoms with Gasteiger partial charge in [-0.25, -0.2) is 4.39 Å². The second-order valence-electron chi connectivity index (χ2n) is 7.27. The van der Waals surface area contributed by atoms with Gasteiger partial charge in [-0.3, -0.25) is 0 Å². The molecule has 3 aromatic carbocycles. The molecule has 0 aliphatic carbocycles. The average Bonchev–Trinajstić information content (AvgIpc) is 2.72. The highest BCUT2D eigenvalue weighted by Gasteiger charge is 2.43. The van der Waals surface area contributed by atoms with Crippen molar-refractivity contribution in [3.63, 3.8) is 0 Å². The molecular weight excluding hydrogens is 380 g/mol. The normalized spacial score (nSPS) is 14.1. The van der Waals surface area contributed by atoms with Crippen LogP contribution in [0.2, 0.25) is 0 Å². The number of ether oxygens (including phenoxy) is 1. The second-order valence-corrected chi connectivity index (χ2v) is 7.27. The maximum atomic E-state index is 14.6. The summed E-state index contributed by atoms with van der Waals surface area (Å²) < 4.78 is 61.2. The number of hydrogen-bond acceptors (Lipinski definition) is 1. The zero-order valence-corrected chi connectivity index (χ0v) is 15.9. The van der Waals surface area contributed by atoms with Crippen LogP contribution >= 0.6 is 0 Å². The van der Waals surface area contributed by atoms with Crippen LogP contribution in [0.4, 0.5) is 17.6 Å². The molecule has 1 aliphatic rings. The molecule has 0 unspecified atom stereocenters. The van der Waals surface area contributed by atoms with Crippen molar-refractivity contribution in [2.24, 2.45) is 0 Å². The first kappa shape index (κ1) is 19.5. The van der Waals surface area contributed by atoms with Crippen LogP contribution in [-0.2, 0) is 12.5 Å². The number of halogens is 4. The van der Waals surface area contributed by atoms with E-state index >= 15 is 0 Å². The van der Waals surface area contributed by atoms with Crippen LogP contribution in [0, 0.1) is 11.6 Å². The molecule has 1 heterocycles. The fourth-order valence-electron chi connectivity index (χ4n) is 3.67. The van der Waals surface area contributed by atoms with Gasteiger partial charge in [-0.05, 0) is 53.3 Å². The van der Waals surface area contributed by atoms with Crippen molar-refractivity contribution in [1.82, 2.24) is 0 Å². The van der Waals surface area contributed by atoms with Gasteiger partial charge in [0.2, 0.25) is 5.82 Å². The molecule has 1 nitrogen and oxygen atoms in total. The molecule has 0 fully saturated rings. The zero-order chi connectivity index (χ0) is 20.6. The average molecular weight is 400 g/mol. The largest absolute Gasteiger partial charge is 0.427 e. The molecule has 0 atom stereocenters. The summed E-state index contributed by atoms with van der Waals surface area (Å²) >= 11 is 0. The van der Waals surface area contributed by atoms with Crippen LogP contribution in [0.1, 0.15) is 37.3 Å². The molecule has 0 bridgehead atoms. The minimum atomic E-state index is -3.76. The number of benzene rings is 3. The SMILES string of the molecule is CCCCCc1ccc(-c2ccc3c(c2)C(F)(F)Oc2c-3ccc(F)c2F)cc1. The minimum Gasteiger partial charge on any atom is -0.425 e. The van der Waals surface area contributed by atoms with Gasteiger partial charge in [-0.1, -0.05) is 56.2 Å². The molecule has 5 heteroatoms. The van der Waals surface area contributed by atoms with Gasteiger partial charge < -0.3 is 4.74 Å². The van der Waals surface area contributed by atoms with Crippen molar-refractivity contribution in [2.45, 2.75) is 38.7 Å². The first-order chi connectivity index (χ1) is 13.9. The number of unbranched alkanes of at least 4 members (excludes halogenated alkanes) is 2. The highest BCUT2D eigenvalue weighted by molar-refractivity contribution is 5.79. The number of aryl methyl sites for hydroxylation is 1.